The third kappa shape index (κ3) is 2.84. The van der Waals surface area contributed by atoms with Crippen LogP contribution in [-0.4, -0.2) is 9.94 Å². The summed E-state index contributed by atoms with van der Waals surface area (Å²) in [7, 11) is 0. The van der Waals surface area contributed by atoms with Crippen LogP contribution in [-0.2, 0) is 12.4 Å². The Bertz CT molecular complexity index is 651. The predicted octanol–water partition coefficient (Wildman–Crippen LogP) is 4.74. The molecular formula is C13H9F6NO. The van der Waals surface area contributed by atoms with E-state index in [1.807, 2.05) is 0 Å². The monoisotopic (exact) mass is 309 g/mol. The topological polar surface area (TPSA) is 25.2 Å². The average molecular weight is 309 g/mol. The lowest BCUT2D eigenvalue weighted by Gasteiger charge is -2.12. The largest absolute Gasteiger partial charge is 0.435 e. The highest BCUT2D eigenvalue weighted by atomic mass is 19.4. The van der Waals surface area contributed by atoms with Crippen molar-refractivity contribution >= 4 is 0 Å². The normalized spacial score (nSPS) is 12.7. The van der Waals surface area contributed by atoms with Gasteiger partial charge in [-0.25, -0.2) is 0 Å². The number of rotatable bonds is 1. The van der Waals surface area contributed by atoms with Gasteiger partial charge in [-0.3, -0.25) is 0 Å². The van der Waals surface area contributed by atoms with E-state index in [-0.39, 0.29) is 11.6 Å². The third-order valence-corrected chi connectivity index (χ3v) is 2.90. The highest BCUT2D eigenvalue weighted by molar-refractivity contribution is 5.68. The summed E-state index contributed by atoms with van der Waals surface area (Å²) in [6.07, 6.45) is -10.2. The molecule has 2 aromatic rings. The minimum Gasteiger partial charge on any atom is -0.428 e. The van der Waals surface area contributed by atoms with E-state index < -0.39 is 34.0 Å². The lowest BCUT2D eigenvalue weighted by molar-refractivity contribution is -0.165. The van der Waals surface area contributed by atoms with Crippen molar-refractivity contribution in [3.05, 3.63) is 47.3 Å². The van der Waals surface area contributed by atoms with E-state index in [4.69, 9.17) is 0 Å². The minimum atomic E-state index is -5.13. The third-order valence-electron chi connectivity index (χ3n) is 2.90. The molecular weight excluding hydrogens is 300 g/mol. The Morgan fingerprint density at radius 1 is 0.905 bits per heavy atom. The lowest BCUT2D eigenvalue weighted by atomic mass is 10.0. The van der Waals surface area contributed by atoms with Crippen LogP contribution in [0.5, 0.6) is 0 Å². The average Bonchev–Trinajstić information content (AvgIpc) is 2.67. The molecule has 0 aliphatic carbocycles. The molecule has 1 N–H and O–H groups in total. The molecule has 0 atom stereocenters. The summed E-state index contributed by atoms with van der Waals surface area (Å²) in [5.41, 5.74) is -3.57. The van der Waals surface area contributed by atoms with E-state index in [1.165, 1.54) is 24.3 Å². The maximum absolute atomic E-state index is 12.9. The second kappa shape index (κ2) is 4.71. The first-order chi connectivity index (χ1) is 9.51. The van der Waals surface area contributed by atoms with E-state index in [0.717, 1.165) is 5.56 Å². The first kappa shape index (κ1) is 15.3. The van der Waals surface area contributed by atoms with E-state index >= 15 is 0 Å². The van der Waals surface area contributed by atoms with E-state index in [0.29, 0.717) is 0 Å². The molecule has 0 unspecified atom stereocenters. The molecule has 0 spiro atoms. The van der Waals surface area contributed by atoms with Crippen LogP contribution in [0, 0.1) is 6.92 Å². The summed E-state index contributed by atoms with van der Waals surface area (Å²) in [6, 6.07) is 5.75. The number of aryl methyl sites for hydroxylation is 1. The van der Waals surface area contributed by atoms with Crippen molar-refractivity contribution in [1.29, 1.82) is 0 Å². The van der Waals surface area contributed by atoms with Crippen LogP contribution in [0.1, 0.15) is 17.0 Å². The minimum absolute atomic E-state index is 0.0637. The van der Waals surface area contributed by atoms with Gasteiger partial charge >= 0.3 is 12.4 Å². The van der Waals surface area contributed by atoms with E-state index in [9.17, 15) is 31.5 Å². The molecule has 1 heterocycles. The van der Waals surface area contributed by atoms with Crippen molar-refractivity contribution in [3.8, 4) is 11.1 Å². The molecule has 8 heteroatoms. The van der Waals surface area contributed by atoms with Gasteiger partial charge in [0.25, 0.3) is 0 Å². The van der Waals surface area contributed by atoms with Crippen molar-refractivity contribution in [2.75, 3.05) is 0 Å². The molecule has 0 saturated carbocycles. The summed E-state index contributed by atoms with van der Waals surface area (Å²) in [6.45, 7) is 1.69. The number of nitrogens with zero attached hydrogens (tertiary/aromatic N) is 1. The standard InChI is InChI=1S/C13H9F6NO/c1-7-2-4-8(5-3-7)9-6-10(12(14,15)16)20(21)11(9)13(17,18)19/h2-6,21H,1H3. The molecule has 0 saturated heterocycles. The maximum Gasteiger partial charge on any atom is 0.435 e. The van der Waals surface area contributed by atoms with Crippen LogP contribution in [0.4, 0.5) is 26.3 Å². The van der Waals surface area contributed by atoms with Crippen molar-refractivity contribution < 1.29 is 31.5 Å². The first-order valence-electron chi connectivity index (χ1n) is 5.68. The van der Waals surface area contributed by atoms with Gasteiger partial charge in [0, 0.05) is 5.56 Å². The number of benzene rings is 1. The molecule has 2 rings (SSSR count). The molecule has 1 aromatic heterocycles. The van der Waals surface area contributed by atoms with E-state index in [1.54, 1.807) is 6.92 Å². The molecule has 2 nitrogen and oxygen atoms in total. The SMILES string of the molecule is Cc1ccc(-c2cc(C(F)(F)F)n(O)c2C(F)(F)F)cc1. The van der Waals surface area contributed by atoms with Gasteiger partial charge in [0.15, 0.2) is 11.4 Å². The molecule has 1 aromatic carbocycles. The number of aromatic nitrogens is 1. The molecule has 0 amide bonds. The molecule has 0 fully saturated rings. The van der Waals surface area contributed by atoms with Crippen LogP contribution in [0.3, 0.4) is 0 Å². The second-order valence-electron chi connectivity index (χ2n) is 4.47. The fourth-order valence-corrected chi connectivity index (χ4v) is 1.93. The van der Waals surface area contributed by atoms with Crippen molar-refractivity contribution in [2.24, 2.45) is 0 Å². The summed E-state index contributed by atoms with van der Waals surface area (Å²) in [4.78, 5) is 0. The predicted molar refractivity (Wildman–Crippen MR) is 61.8 cm³/mol. The van der Waals surface area contributed by atoms with E-state index in [2.05, 4.69) is 0 Å². The molecule has 21 heavy (non-hydrogen) atoms. The Kier molecular flexibility index (Phi) is 3.43. The van der Waals surface area contributed by atoms with Gasteiger partial charge in [-0.1, -0.05) is 29.8 Å². The van der Waals surface area contributed by atoms with Gasteiger partial charge in [-0.2, -0.15) is 31.1 Å². The Morgan fingerprint density at radius 3 is 1.86 bits per heavy atom. The summed E-state index contributed by atoms with van der Waals surface area (Å²) in [5, 5.41) is 9.27. The van der Waals surface area contributed by atoms with Crippen molar-refractivity contribution in [1.82, 2.24) is 4.73 Å². The zero-order valence-electron chi connectivity index (χ0n) is 10.5. The highest BCUT2D eigenvalue weighted by Crippen LogP contribution is 2.42. The van der Waals surface area contributed by atoms with Gasteiger partial charge < -0.3 is 5.21 Å². The lowest BCUT2D eigenvalue weighted by Crippen LogP contribution is -2.18. The van der Waals surface area contributed by atoms with Crippen LogP contribution < -0.4 is 0 Å². The first-order valence-corrected chi connectivity index (χ1v) is 5.68. The number of alkyl halides is 6. The Balaban J connectivity index is 2.73. The summed E-state index contributed by atoms with van der Waals surface area (Å²) in [5.74, 6) is 0. The quantitative estimate of drug-likeness (QED) is 0.597. The molecule has 0 aliphatic heterocycles. The van der Waals surface area contributed by atoms with Gasteiger partial charge in [0.2, 0.25) is 0 Å². The Labute approximate surface area is 115 Å². The maximum atomic E-state index is 12.9. The Hall–Kier alpha value is -2.12. The highest BCUT2D eigenvalue weighted by Gasteiger charge is 2.45. The van der Waals surface area contributed by atoms with Gasteiger partial charge in [0.1, 0.15) is 0 Å². The fourth-order valence-electron chi connectivity index (χ4n) is 1.93. The summed E-state index contributed by atoms with van der Waals surface area (Å²) < 4.78 is 75.9. The number of hydrogen-bond donors (Lipinski definition) is 1. The zero-order valence-corrected chi connectivity index (χ0v) is 10.5. The number of hydrogen-bond acceptors (Lipinski definition) is 1. The summed E-state index contributed by atoms with van der Waals surface area (Å²) >= 11 is 0. The van der Waals surface area contributed by atoms with Crippen LogP contribution in [0.25, 0.3) is 11.1 Å². The van der Waals surface area contributed by atoms with Crippen LogP contribution >= 0.6 is 0 Å². The van der Waals surface area contributed by atoms with Crippen LogP contribution in [0.15, 0.2) is 30.3 Å². The zero-order chi connectivity index (χ0) is 16.0. The Morgan fingerprint density at radius 2 is 1.43 bits per heavy atom. The molecule has 114 valence electrons. The van der Waals surface area contributed by atoms with Gasteiger partial charge in [0.05, 0.1) is 0 Å². The van der Waals surface area contributed by atoms with Gasteiger partial charge in [-0.05, 0) is 18.6 Å². The molecule has 0 bridgehead atoms. The van der Waals surface area contributed by atoms with Crippen LogP contribution in [0.2, 0.25) is 0 Å². The fraction of sp³-hybridized carbons (Fsp3) is 0.231. The van der Waals surface area contributed by atoms with Crippen molar-refractivity contribution in [3.63, 3.8) is 0 Å². The smallest absolute Gasteiger partial charge is 0.428 e. The molecule has 0 radical (unpaired) electrons. The molecule has 0 aliphatic rings. The second-order valence-corrected chi connectivity index (χ2v) is 4.47. The number of halogens is 6. The van der Waals surface area contributed by atoms with Gasteiger partial charge in [-0.15, -0.1) is 0 Å². The van der Waals surface area contributed by atoms with Crippen molar-refractivity contribution in [2.45, 2.75) is 19.3 Å².